The van der Waals surface area contributed by atoms with Gasteiger partial charge in [-0.2, -0.15) is 0 Å². The molecule has 0 aliphatic heterocycles. The number of aromatic nitrogens is 3. The van der Waals surface area contributed by atoms with Gasteiger partial charge < -0.3 is 4.74 Å². The highest BCUT2D eigenvalue weighted by atomic mass is 35.5. The van der Waals surface area contributed by atoms with Gasteiger partial charge in [0, 0.05) is 17.5 Å². The molecule has 0 spiro atoms. The number of pyridine rings is 1. The molecule has 2 heterocycles. The van der Waals surface area contributed by atoms with Gasteiger partial charge >= 0.3 is 0 Å². The van der Waals surface area contributed by atoms with E-state index >= 15 is 0 Å². The molecule has 2 aromatic heterocycles. The van der Waals surface area contributed by atoms with Gasteiger partial charge in [0.1, 0.15) is 5.76 Å². The van der Waals surface area contributed by atoms with E-state index in [9.17, 15) is 0 Å². The molecule has 0 aliphatic carbocycles. The number of ether oxygens (including phenoxy) is 1. The van der Waals surface area contributed by atoms with Gasteiger partial charge in [0.15, 0.2) is 0 Å². The fourth-order valence-corrected chi connectivity index (χ4v) is 2.44. The van der Waals surface area contributed by atoms with Gasteiger partial charge in [-0.25, -0.2) is 4.98 Å². The van der Waals surface area contributed by atoms with Crippen LogP contribution in [-0.4, -0.2) is 21.6 Å². The Kier molecular flexibility index (Phi) is 5.03. The minimum atomic E-state index is 0.391. The molecule has 0 fully saturated rings. The average Bonchev–Trinajstić information content (AvgIpc) is 2.79. The Hall–Kier alpha value is -2.07. The molecule has 0 amide bonds. The van der Waals surface area contributed by atoms with Crippen molar-refractivity contribution in [2.24, 2.45) is 0 Å². The highest BCUT2D eigenvalue weighted by Gasteiger charge is 2.13. The quantitative estimate of drug-likeness (QED) is 0.601. The van der Waals surface area contributed by atoms with Crippen LogP contribution in [0.3, 0.4) is 0 Å². The summed E-state index contributed by atoms with van der Waals surface area (Å²) in [5, 5.41) is 0.391. The lowest BCUT2D eigenvalue weighted by Crippen LogP contribution is -2.00. The van der Waals surface area contributed by atoms with E-state index in [0.717, 1.165) is 22.8 Å². The van der Waals surface area contributed by atoms with Crippen molar-refractivity contribution in [2.75, 3.05) is 7.11 Å². The maximum atomic E-state index is 6.29. The van der Waals surface area contributed by atoms with Crippen molar-refractivity contribution in [1.29, 1.82) is 0 Å². The van der Waals surface area contributed by atoms with E-state index in [1.165, 1.54) is 0 Å². The maximum Gasteiger partial charge on any atom is 0.208 e. The van der Waals surface area contributed by atoms with E-state index in [1.807, 2.05) is 29.8 Å². The van der Waals surface area contributed by atoms with Crippen molar-refractivity contribution in [3.8, 4) is 5.69 Å². The largest absolute Gasteiger partial charge is 0.497 e. The molecule has 0 N–H and O–H groups in total. The third kappa shape index (κ3) is 3.22. The first kappa shape index (κ1) is 16.3. The van der Waals surface area contributed by atoms with Crippen LogP contribution in [0.15, 0.2) is 36.7 Å². The van der Waals surface area contributed by atoms with Crippen molar-refractivity contribution < 1.29 is 4.74 Å². The predicted molar refractivity (Wildman–Crippen MR) is 90.4 cm³/mol. The summed E-state index contributed by atoms with van der Waals surface area (Å²) in [6.07, 6.45) is 5.25. The van der Waals surface area contributed by atoms with Gasteiger partial charge in [-0.1, -0.05) is 20.4 Å². The Morgan fingerprint density at radius 2 is 2.14 bits per heavy atom. The van der Waals surface area contributed by atoms with E-state index in [1.54, 1.807) is 19.3 Å². The van der Waals surface area contributed by atoms with Crippen LogP contribution in [0.25, 0.3) is 11.8 Å². The van der Waals surface area contributed by atoms with Crippen molar-refractivity contribution in [1.82, 2.24) is 14.5 Å². The smallest absolute Gasteiger partial charge is 0.208 e. The highest BCUT2D eigenvalue weighted by Crippen LogP contribution is 2.24. The zero-order valence-corrected chi connectivity index (χ0v) is 14.1. The topological polar surface area (TPSA) is 39.9 Å². The van der Waals surface area contributed by atoms with E-state index in [-0.39, 0.29) is 0 Å². The molecule has 0 atom stereocenters. The summed E-state index contributed by atoms with van der Waals surface area (Å²) >= 11 is 6.29. The summed E-state index contributed by atoms with van der Waals surface area (Å²) in [6.45, 7) is 9.88. The maximum absolute atomic E-state index is 6.29. The molecule has 4 nitrogen and oxygen atoms in total. The number of hydrogen-bond donors (Lipinski definition) is 0. The van der Waals surface area contributed by atoms with Crippen LogP contribution in [0.2, 0.25) is 5.28 Å². The van der Waals surface area contributed by atoms with Crippen molar-refractivity contribution in [3.63, 3.8) is 0 Å². The molecular weight excluding hydrogens is 298 g/mol. The number of methoxy groups -OCH3 is 1. The summed E-state index contributed by atoms with van der Waals surface area (Å²) in [5.41, 5.74) is 3.60. The molecule has 0 bridgehead atoms. The highest BCUT2D eigenvalue weighted by molar-refractivity contribution is 6.28. The molecule has 2 aromatic rings. The lowest BCUT2D eigenvalue weighted by atomic mass is 10.1. The lowest BCUT2D eigenvalue weighted by molar-refractivity contribution is 0.311. The first-order valence-corrected chi connectivity index (χ1v) is 7.45. The lowest BCUT2D eigenvalue weighted by Gasteiger charge is -2.09. The Labute approximate surface area is 136 Å². The van der Waals surface area contributed by atoms with Crippen molar-refractivity contribution in [3.05, 3.63) is 59.1 Å². The van der Waals surface area contributed by atoms with Crippen LogP contribution >= 0.6 is 11.6 Å². The fraction of sp³-hybridized carbons (Fsp3) is 0.294. The number of nitrogens with zero attached hydrogens (tertiary/aromatic N) is 3. The number of imidazole rings is 1. The van der Waals surface area contributed by atoms with E-state index in [0.29, 0.717) is 17.0 Å². The fourth-order valence-electron chi connectivity index (χ4n) is 2.13. The second-order valence-electron chi connectivity index (χ2n) is 5.24. The summed E-state index contributed by atoms with van der Waals surface area (Å²) in [5.74, 6) is 1.03. The van der Waals surface area contributed by atoms with Crippen LogP contribution in [0.4, 0.5) is 0 Å². The summed E-state index contributed by atoms with van der Waals surface area (Å²) < 4.78 is 7.06. The minimum Gasteiger partial charge on any atom is -0.497 e. The number of hydrogen-bond acceptors (Lipinski definition) is 3. The molecular formula is C17H20ClN3O. The minimum absolute atomic E-state index is 0.391. The van der Waals surface area contributed by atoms with Crippen LogP contribution in [0, 0.1) is 6.92 Å². The first-order valence-electron chi connectivity index (χ1n) is 7.07. The van der Waals surface area contributed by atoms with Crippen LogP contribution in [0.1, 0.15) is 36.8 Å². The van der Waals surface area contributed by atoms with Crippen LogP contribution in [0.5, 0.6) is 0 Å². The van der Waals surface area contributed by atoms with Crippen LogP contribution < -0.4 is 0 Å². The van der Waals surface area contributed by atoms with Gasteiger partial charge in [0.2, 0.25) is 5.28 Å². The zero-order chi connectivity index (χ0) is 16.3. The first-order chi connectivity index (χ1) is 10.5. The molecule has 0 unspecified atom stereocenters. The Morgan fingerprint density at radius 3 is 2.64 bits per heavy atom. The summed E-state index contributed by atoms with van der Waals surface area (Å²) in [7, 11) is 1.59. The molecule has 116 valence electrons. The third-order valence-corrected chi connectivity index (χ3v) is 3.69. The number of halogens is 1. The summed E-state index contributed by atoms with van der Waals surface area (Å²) in [4.78, 5) is 8.85. The summed E-state index contributed by atoms with van der Waals surface area (Å²) in [6, 6.07) is 4.01. The molecule has 0 saturated heterocycles. The van der Waals surface area contributed by atoms with E-state index in [2.05, 4.69) is 30.4 Å². The zero-order valence-electron chi connectivity index (χ0n) is 13.3. The monoisotopic (exact) mass is 317 g/mol. The molecule has 0 aliphatic rings. The molecule has 0 aromatic carbocycles. The van der Waals surface area contributed by atoms with E-state index < -0.39 is 0 Å². The molecule has 5 heteroatoms. The van der Waals surface area contributed by atoms with Gasteiger partial charge in [-0.05, 0) is 42.7 Å². The second kappa shape index (κ2) is 6.79. The normalized spacial score (nSPS) is 11.8. The Bertz CT molecular complexity index is 699. The number of allylic oxidation sites excluding steroid dienone is 1. The Morgan fingerprint density at radius 1 is 1.41 bits per heavy atom. The van der Waals surface area contributed by atoms with E-state index in [4.69, 9.17) is 16.3 Å². The predicted octanol–water partition coefficient (Wildman–Crippen LogP) is 4.53. The standard InChI is InChI=1S/C17H20ClN3O/c1-6-14(22-5)9-16-12(4)21(17(18)20-16)13-7-8-15(11(2)3)19-10-13/h6-11H,1H2,2-5H3/b14-9+. The SMILES string of the molecule is C=C/C(=C\c1nc(Cl)n(-c2ccc(C(C)C)nc2)c1C)OC. The van der Waals surface area contributed by atoms with Crippen molar-refractivity contribution >= 4 is 17.7 Å². The van der Waals surface area contributed by atoms with Gasteiger partial charge in [0.25, 0.3) is 0 Å². The third-order valence-electron chi connectivity index (χ3n) is 3.44. The molecule has 0 radical (unpaired) electrons. The van der Waals surface area contributed by atoms with Gasteiger partial charge in [-0.3, -0.25) is 9.55 Å². The Balaban J connectivity index is 2.46. The van der Waals surface area contributed by atoms with Crippen LogP contribution in [-0.2, 0) is 4.74 Å². The number of rotatable bonds is 5. The molecule has 22 heavy (non-hydrogen) atoms. The molecule has 2 rings (SSSR count). The van der Waals surface area contributed by atoms with Crippen molar-refractivity contribution in [2.45, 2.75) is 26.7 Å². The average molecular weight is 318 g/mol. The second-order valence-corrected chi connectivity index (χ2v) is 5.58. The van der Waals surface area contributed by atoms with Gasteiger partial charge in [0.05, 0.1) is 24.7 Å². The molecule has 0 saturated carbocycles. The van der Waals surface area contributed by atoms with Gasteiger partial charge in [-0.15, -0.1) is 0 Å².